The molecule has 11 heavy (non-hydrogen) atoms. The smallest absolute Gasteiger partial charge is 0.159 e. The van der Waals surface area contributed by atoms with Crippen molar-refractivity contribution < 1.29 is 13.5 Å². The Morgan fingerprint density at radius 2 is 2.00 bits per heavy atom. The van der Waals surface area contributed by atoms with E-state index in [0.717, 1.165) is 6.07 Å². The van der Waals surface area contributed by atoms with Gasteiger partial charge in [-0.2, -0.15) is 0 Å². The molecule has 1 aromatic rings. The Labute approximate surface area is 62.6 Å². The van der Waals surface area contributed by atoms with Crippen LogP contribution in [0.1, 0.15) is 11.7 Å². The molecule has 0 aromatic heterocycles. The van der Waals surface area contributed by atoms with Gasteiger partial charge in [0.15, 0.2) is 11.6 Å². The maximum atomic E-state index is 12.5. The van der Waals surface area contributed by atoms with Gasteiger partial charge in [-0.05, 0) is 17.7 Å². The van der Waals surface area contributed by atoms with Crippen molar-refractivity contribution in [3.63, 3.8) is 0 Å². The van der Waals surface area contributed by atoms with Crippen LogP contribution in [-0.4, -0.2) is 6.61 Å². The van der Waals surface area contributed by atoms with Crippen LogP contribution in [0.4, 0.5) is 8.78 Å². The molecular weight excluding hydrogens is 150 g/mol. The maximum absolute atomic E-state index is 12.5. The monoisotopic (exact) mass is 156 g/mol. The molecule has 1 aliphatic rings. The second-order valence-electron chi connectivity index (χ2n) is 2.50. The van der Waals surface area contributed by atoms with Crippen LogP contribution in [0.2, 0.25) is 0 Å². The van der Waals surface area contributed by atoms with Crippen LogP contribution in [0.15, 0.2) is 18.2 Å². The Kier molecular flexibility index (Phi) is 1.39. The predicted octanol–water partition coefficient (Wildman–Crippen LogP) is 2.04. The average molecular weight is 156 g/mol. The van der Waals surface area contributed by atoms with Gasteiger partial charge in [0.05, 0.1) is 6.61 Å². The van der Waals surface area contributed by atoms with E-state index in [9.17, 15) is 8.78 Å². The van der Waals surface area contributed by atoms with Gasteiger partial charge in [-0.1, -0.05) is 6.07 Å². The first-order valence-electron chi connectivity index (χ1n) is 3.34. The van der Waals surface area contributed by atoms with E-state index in [2.05, 4.69) is 0 Å². The fourth-order valence-electron chi connectivity index (χ4n) is 0.953. The standard InChI is InChI=1S/C8H6F2O/c9-6-2-1-5(3-7(6)10)8-4-11-8/h1-3,8H,4H2/t8-/m0/s1. The molecule has 1 aliphatic heterocycles. The molecule has 2 rings (SSSR count). The van der Waals surface area contributed by atoms with E-state index in [4.69, 9.17) is 4.74 Å². The molecule has 0 saturated carbocycles. The van der Waals surface area contributed by atoms with Gasteiger partial charge in [0, 0.05) is 0 Å². The number of halogens is 2. The van der Waals surface area contributed by atoms with Gasteiger partial charge in [-0.15, -0.1) is 0 Å². The molecule has 1 heterocycles. The summed E-state index contributed by atoms with van der Waals surface area (Å²) in [5.74, 6) is -1.62. The van der Waals surface area contributed by atoms with E-state index in [1.807, 2.05) is 0 Å². The van der Waals surface area contributed by atoms with Gasteiger partial charge in [-0.3, -0.25) is 0 Å². The van der Waals surface area contributed by atoms with E-state index >= 15 is 0 Å². The molecule has 1 fully saturated rings. The third-order valence-corrected chi connectivity index (χ3v) is 1.65. The minimum absolute atomic E-state index is 0.00917. The van der Waals surface area contributed by atoms with Crippen LogP contribution >= 0.6 is 0 Å². The van der Waals surface area contributed by atoms with E-state index in [1.54, 1.807) is 0 Å². The lowest BCUT2D eigenvalue weighted by Gasteiger charge is -1.95. The first-order chi connectivity index (χ1) is 5.27. The summed E-state index contributed by atoms with van der Waals surface area (Å²) in [6.45, 7) is 0.616. The van der Waals surface area contributed by atoms with Gasteiger partial charge in [0.25, 0.3) is 0 Å². The summed E-state index contributed by atoms with van der Waals surface area (Å²) >= 11 is 0. The second-order valence-corrected chi connectivity index (χ2v) is 2.50. The lowest BCUT2D eigenvalue weighted by Crippen LogP contribution is -1.86. The summed E-state index contributed by atoms with van der Waals surface area (Å²) in [6.07, 6.45) is -0.00917. The maximum Gasteiger partial charge on any atom is 0.159 e. The third kappa shape index (κ3) is 1.24. The van der Waals surface area contributed by atoms with Gasteiger partial charge in [0.1, 0.15) is 6.10 Å². The molecule has 0 aliphatic carbocycles. The number of epoxide rings is 1. The average Bonchev–Trinajstić information content (AvgIpc) is 2.77. The number of hydrogen-bond acceptors (Lipinski definition) is 1. The summed E-state index contributed by atoms with van der Waals surface area (Å²) < 4.78 is 29.8. The minimum atomic E-state index is -0.811. The van der Waals surface area contributed by atoms with Crippen LogP contribution < -0.4 is 0 Å². The second kappa shape index (κ2) is 2.27. The Morgan fingerprint density at radius 1 is 1.27 bits per heavy atom. The van der Waals surface area contributed by atoms with Crippen molar-refractivity contribution in [1.29, 1.82) is 0 Å². The summed E-state index contributed by atoms with van der Waals surface area (Å²) in [7, 11) is 0. The molecule has 1 atom stereocenters. The van der Waals surface area contributed by atoms with Crippen LogP contribution in [0, 0.1) is 11.6 Å². The number of rotatable bonds is 1. The fourth-order valence-corrected chi connectivity index (χ4v) is 0.953. The van der Waals surface area contributed by atoms with E-state index < -0.39 is 11.6 Å². The zero-order valence-electron chi connectivity index (χ0n) is 5.68. The topological polar surface area (TPSA) is 12.5 Å². The Morgan fingerprint density at radius 3 is 2.55 bits per heavy atom. The van der Waals surface area contributed by atoms with Gasteiger partial charge >= 0.3 is 0 Å². The first-order valence-corrected chi connectivity index (χ1v) is 3.34. The zero-order valence-corrected chi connectivity index (χ0v) is 5.68. The fraction of sp³-hybridized carbons (Fsp3) is 0.250. The summed E-state index contributed by atoms with van der Waals surface area (Å²) in [6, 6.07) is 3.83. The largest absolute Gasteiger partial charge is 0.368 e. The lowest BCUT2D eigenvalue weighted by atomic mass is 10.1. The predicted molar refractivity (Wildman–Crippen MR) is 35.1 cm³/mol. The highest BCUT2D eigenvalue weighted by Gasteiger charge is 2.25. The first kappa shape index (κ1) is 6.73. The van der Waals surface area contributed by atoms with Crippen LogP contribution in [0.3, 0.4) is 0 Å². The van der Waals surface area contributed by atoms with Gasteiger partial charge in [-0.25, -0.2) is 8.78 Å². The highest BCUT2D eigenvalue weighted by Crippen LogP contribution is 2.30. The van der Waals surface area contributed by atoms with E-state index in [1.165, 1.54) is 12.1 Å². The Bertz CT molecular complexity index is 281. The molecule has 0 bridgehead atoms. The normalized spacial score (nSPS) is 21.8. The van der Waals surface area contributed by atoms with Crippen molar-refractivity contribution in [2.45, 2.75) is 6.10 Å². The summed E-state index contributed by atoms with van der Waals surface area (Å²) in [5.41, 5.74) is 0.712. The molecule has 1 nitrogen and oxygen atoms in total. The Balaban J connectivity index is 2.36. The van der Waals surface area contributed by atoms with Crippen molar-refractivity contribution in [3.8, 4) is 0 Å². The number of benzene rings is 1. The van der Waals surface area contributed by atoms with Crippen LogP contribution in [-0.2, 0) is 4.74 Å². The van der Waals surface area contributed by atoms with Crippen molar-refractivity contribution in [2.24, 2.45) is 0 Å². The third-order valence-electron chi connectivity index (χ3n) is 1.65. The van der Waals surface area contributed by atoms with Crippen molar-refractivity contribution in [1.82, 2.24) is 0 Å². The van der Waals surface area contributed by atoms with E-state index in [-0.39, 0.29) is 6.10 Å². The highest BCUT2D eigenvalue weighted by molar-refractivity contribution is 5.22. The zero-order chi connectivity index (χ0) is 7.84. The molecular formula is C8H6F2O. The molecule has 58 valence electrons. The molecule has 0 unspecified atom stereocenters. The van der Waals surface area contributed by atoms with Gasteiger partial charge < -0.3 is 4.74 Å². The van der Waals surface area contributed by atoms with Crippen LogP contribution in [0.25, 0.3) is 0 Å². The number of ether oxygens (including phenoxy) is 1. The summed E-state index contributed by atoms with van der Waals surface area (Å²) in [4.78, 5) is 0. The van der Waals surface area contributed by atoms with Crippen LogP contribution in [0.5, 0.6) is 0 Å². The molecule has 0 radical (unpaired) electrons. The van der Waals surface area contributed by atoms with Gasteiger partial charge in [0.2, 0.25) is 0 Å². The molecule has 1 saturated heterocycles. The van der Waals surface area contributed by atoms with E-state index in [0.29, 0.717) is 12.2 Å². The quantitative estimate of drug-likeness (QED) is 0.567. The minimum Gasteiger partial charge on any atom is -0.368 e. The Hall–Kier alpha value is -0.960. The number of hydrogen-bond donors (Lipinski definition) is 0. The van der Waals surface area contributed by atoms with Crippen molar-refractivity contribution >= 4 is 0 Å². The van der Waals surface area contributed by atoms with Crippen molar-refractivity contribution in [3.05, 3.63) is 35.4 Å². The van der Waals surface area contributed by atoms with Crippen molar-refractivity contribution in [2.75, 3.05) is 6.61 Å². The SMILES string of the molecule is Fc1ccc([C@@H]2CO2)cc1F. The molecule has 0 amide bonds. The summed E-state index contributed by atoms with van der Waals surface area (Å²) in [5, 5.41) is 0. The molecule has 0 spiro atoms. The lowest BCUT2D eigenvalue weighted by molar-refractivity contribution is 0.413. The molecule has 1 aromatic carbocycles. The highest BCUT2D eigenvalue weighted by atomic mass is 19.2. The molecule has 3 heteroatoms. The molecule has 0 N–H and O–H groups in total.